The lowest BCUT2D eigenvalue weighted by Crippen LogP contribution is -2.29. The Labute approximate surface area is 112 Å². The fourth-order valence-electron chi connectivity index (χ4n) is 1.28. The Bertz CT molecular complexity index is 410. The van der Waals surface area contributed by atoms with Crippen LogP contribution in [0.25, 0.3) is 0 Å². The summed E-state index contributed by atoms with van der Waals surface area (Å²) < 4.78 is 5.32. The molecule has 0 saturated heterocycles. The second kappa shape index (κ2) is 7.18. The Morgan fingerprint density at radius 2 is 2.22 bits per heavy atom. The fourth-order valence-corrected chi connectivity index (χ4v) is 1.47. The number of rotatable bonds is 6. The van der Waals surface area contributed by atoms with Crippen LogP contribution in [0.3, 0.4) is 0 Å². The molecular weight excluding hydrogens is 254 g/mol. The number of hydrogen-bond acceptors (Lipinski definition) is 4. The Hall–Kier alpha value is -1.33. The molecule has 18 heavy (non-hydrogen) atoms. The minimum atomic E-state index is -0.301. The monoisotopic (exact) mass is 271 g/mol. The number of anilines is 1. The van der Waals surface area contributed by atoms with Gasteiger partial charge in [0, 0.05) is 13.6 Å². The third-order valence-electron chi connectivity index (χ3n) is 2.16. The Morgan fingerprint density at radius 3 is 2.83 bits per heavy atom. The van der Waals surface area contributed by atoms with E-state index in [2.05, 4.69) is 15.6 Å². The van der Waals surface area contributed by atoms with Crippen molar-refractivity contribution in [2.24, 2.45) is 0 Å². The van der Waals surface area contributed by atoms with Gasteiger partial charge in [-0.25, -0.2) is 4.98 Å². The summed E-state index contributed by atoms with van der Waals surface area (Å²) in [6, 6.07) is 3.35. The molecule has 1 rings (SSSR count). The van der Waals surface area contributed by atoms with Crippen molar-refractivity contribution in [3.63, 3.8) is 0 Å². The standard InChI is InChI=1S/C12H18ClN3O2/c1-8(2)18-7-6-15-12(17)11-9(13)4-5-10(14-3)16-11/h4-5,8H,6-7H2,1-3H3,(H,14,16)(H,15,17). The van der Waals surface area contributed by atoms with Crippen LogP contribution in [0, 0.1) is 0 Å². The first-order valence-electron chi connectivity index (χ1n) is 5.78. The van der Waals surface area contributed by atoms with Gasteiger partial charge in [0.25, 0.3) is 5.91 Å². The van der Waals surface area contributed by atoms with Crippen LogP contribution in [0.2, 0.25) is 5.02 Å². The second-order valence-electron chi connectivity index (χ2n) is 3.95. The topological polar surface area (TPSA) is 63.2 Å². The SMILES string of the molecule is CNc1ccc(Cl)c(C(=O)NCCOC(C)C)n1. The van der Waals surface area contributed by atoms with Gasteiger partial charge in [0.1, 0.15) is 11.5 Å². The molecule has 0 aliphatic rings. The lowest BCUT2D eigenvalue weighted by molar-refractivity contribution is 0.0745. The van der Waals surface area contributed by atoms with E-state index in [0.29, 0.717) is 24.0 Å². The molecule has 0 aromatic carbocycles. The zero-order chi connectivity index (χ0) is 13.5. The molecule has 0 aliphatic carbocycles. The predicted molar refractivity (Wildman–Crippen MR) is 72.2 cm³/mol. The summed E-state index contributed by atoms with van der Waals surface area (Å²) in [4.78, 5) is 15.9. The minimum absolute atomic E-state index is 0.149. The average Bonchev–Trinajstić information content (AvgIpc) is 2.34. The van der Waals surface area contributed by atoms with Crippen LogP contribution in [0.4, 0.5) is 5.82 Å². The maximum Gasteiger partial charge on any atom is 0.271 e. The summed E-state index contributed by atoms with van der Waals surface area (Å²) in [6.07, 6.45) is 0.149. The second-order valence-corrected chi connectivity index (χ2v) is 4.36. The van der Waals surface area contributed by atoms with Crippen molar-refractivity contribution in [1.29, 1.82) is 0 Å². The minimum Gasteiger partial charge on any atom is -0.377 e. The van der Waals surface area contributed by atoms with Gasteiger partial charge in [-0.15, -0.1) is 0 Å². The third kappa shape index (κ3) is 4.50. The van der Waals surface area contributed by atoms with Crippen molar-refractivity contribution >= 4 is 23.3 Å². The highest BCUT2D eigenvalue weighted by molar-refractivity contribution is 6.33. The van der Waals surface area contributed by atoms with E-state index < -0.39 is 0 Å². The summed E-state index contributed by atoms with van der Waals surface area (Å²) in [6.45, 7) is 4.78. The van der Waals surface area contributed by atoms with Gasteiger partial charge in [-0.05, 0) is 26.0 Å². The first kappa shape index (κ1) is 14.7. The normalized spacial score (nSPS) is 10.5. The first-order chi connectivity index (χ1) is 8.54. The summed E-state index contributed by atoms with van der Waals surface area (Å²) in [5, 5.41) is 5.89. The molecule has 2 N–H and O–H groups in total. The quantitative estimate of drug-likeness (QED) is 0.776. The number of hydrogen-bond donors (Lipinski definition) is 2. The number of carbonyl (C=O) groups is 1. The number of ether oxygens (including phenoxy) is 1. The zero-order valence-corrected chi connectivity index (χ0v) is 11.5. The summed E-state index contributed by atoms with van der Waals surface area (Å²) in [7, 11) is 1.73. The van der Waals surface area contributed by atoms with Crippen molar-refractivity contribution < 1.29 is 9.53 Å². The number of nitrogens with zero attached hydrogens (tertiary/aromatic N) is 1. The van der Waals surface area contributed by atoms with Crippen LogP contribution in [-0.2, 0) is 4.74 Å². The van der Waals surface area contributed by atoms with Gasteiger partial charge in [-0.2, -0.15) is 0 Å². The van der Waals surface area contributed by atoms with E-state index in [4.69, 9.17) is 16.3 Å². The van der Waals surface area contributed by atoms with Crippen LogP contribution < -0.4 is 10.6 Å². The fraction of sp³-hybridized carbons (Fsp3) is 0.500. The van der Waals surface area contributed by atoms with Gasteiger partial charge in [-0.1, -0.05) is 11.6 Å². The van der Waals surface area contributed by atoms with Gasteiger partial charge >= 0.3 is 0 Å². The van der Waals surface area contributed by atoms with Crippen molar-refractivity contribution in [2.45, 2.75) is 20.0 Å². The molecule has 1 aromatic heterocycles. The molecule has 0 unspecified atom stereocenters. The summed E-state index contributed by atoms with van der Waals surface area (Å²) in [5.41, 5.74) is 0.216. The lowest BCUT2D eigenvalue weighted by atomic mass is 10.3. The number of carbonyl (C=O) groups excluding carboxylic acids is 1. The smallest absolute Gasteiger partial charge is 0.271 e. The molecule has 100 valence electrons. The average molecular weight is 272 g/mol. The van der Waals surface area contributed by atoms with Gasteiger partial charge in [0.05, 0.1) is 17.7 Å². The first-order valence-corrected chi connectivity index (χ1v) is 6.16. The van der Waals surface area contributed by atoms with Crippen LogP contribution >= 0.6 is 11.6 Å². The molecule has 1 heterocycles. The highest BCUT2D eigenvalue weighted by Crippen LogP contribution is 2.16. The van der Waals surface area contributed by atoms with E-state index in [1.165, 1.54) is 0 Å². The number of pyridine rings is 1. The highest BCUT2D eigenvalue weighted by atomic mass is 35.5. The lowest BCUT2D eigenvalue weighted by Gasteiger charge is -2.09. The van der Waals surface area contributed by atoms with E-state index in [-0.39, 0.29) is 17.7 Å². The van der Waals surface area contributed by atoms with E-state index in [1.54, 1.807) is 19.2 Å². The molecule has 6 heteroatoms. The van der Waals surface area contributed by atoms with Gasteiger partial charge < -0.3 is 15.4 Å². The largest absolute Gasteiger partial charge is 0.377 e. The maximum absolute atomic E-state index is 11.8. The van der Waals surface area contributed by atoms with Crippen LogP contribution in [0.1, 0.15) is 24.3 Å². The molecule has 0 spiro atoms. The van der Waals surface area contributed by atoms with Gasteiger partial charge in [-0.3, -0.25) is 4.79 Å². The molecule has 0 radical (unpaired) electrons. The molecular formula is C12H18ClN3O2. The van der Waals surface area contributed by atoms with Gasteiger partial charge in [0.2, 0.25) is 0 Å². The van der Waals surface area contributed by atoms with Crippen molar-refractivity contribution in [3.8, 4) is 0 Å². The molecule has 1 aromatic rings. The van der Waals surface area contributed by atoms with E-state index in [0.717, 1.165) is 0 Å². The van der Waals surface area contributed by atoms with Crippen LogP contribution in [0.15, 0.2) is 12.1 Å². The van der Waals surface area contributed by atoms with E-state index >= 15 is 0 Å². The van der Waals surface area contributed by atoms with Crippen molar-refractivity contribution in [2.75, 3.05) is 25.5 Å². The van der Waals surface area contributed by atoms with Crippen molar-refractivity contribution in [3.05, 3.63) is 22.8 Å². The van der Waals surface area contributed by atoms with E-state index in [9.17, 15) is 4.79 Å². The number of halogens is 1. The van der Waals surface area contributed by atoms with E-state index in [1.807, 2.05) is 13.8 Å². The maximum atomic E-state index is 11.8. The summed E-state index contributed by atoms with van der Waals surface area (Å²) in [5.74, 6) is 0.299. The molecule has 0 saturated carbocycles. The van der Waals surface area contributed by atoms with Crippen LogP contribution in [-0.4, -0.2) is 37.2 Å². The number of amides is 1. The highest BCUT2D eigenvalue weighted by Gasteiger charge is 2.12. The zero-order valence-electron chi connectivity index (χ0n) is 10.8. The number of aromatic nitrogens is 1. The predicted octanol–water partition coefficient (Wildman–Crippen LogP) is 1.93. The van der Waals surface area contributed by atoms with Crippen LogP contribution in [0.5, 0.6) is 0 Å². The molecule has 0 atom stereocenters. The molecule has 0 bridgehead atoms. The van der Waals surface area contributed by atoms with Crippen molar-refractivity contribution in [1.82, 2.24) is 10.3 Å². The molecule has 1 amide bonds. The summed E-state index contributed by atoms with van der Waals surface area (Å²) >= 11 is 5.93. The molecule has 0 aliphatic heterocycles. The molecule has 5 nitrogen and oxygen atoms in total. The Kier molecular flexibility index (Phi) is 5.88. The third-order valence-corrected chi connectivity index (χ3v) is 2.46. The molecule has 0 fully saturated rings. The Balaban J connectivity index is 2.55. The number of nitrogens with one attached hydrogen (secondary N) is 2. The Morgan fingerprint density at radius 1 is 1.50 bits per heavy atom. The van der Waals surface area contributed by atoms with Gasteiger partial charge in [0.15, 0.2) is 0 Å².